The molecule has 2 aromatic rings. The van der Waals surface area contributed by atoms with E-state index in [1.807, 2.05) is 0 Å². The number of aliphatic hydroxyl groups excluding tert-OH is 1. The molecule has 1 N–H and O–H groups in total. The SMILES string of the molecule is OC(Cc1c(F)cccc1F)c1cccc(Cl)c1F. The quantitative estimate of drug-likeness (QED) is 0.903. The standard InChI is InChI=1S/C14H10ClF3O/c15-10-4-1-3-8(14(10)18)13(19)7-9-11(16)5-2-6-12(9)17/h1-6,13,19H,7H2. The summed E-state index contributed by atoms with van der Waals surface area (Å²) in [6.45, 7) is 0. The van der Waals surface area contributed by atoms with Gasteiger partial charge < -0.3 is 5.11 Å². The second-order valence-electron chi connectivity index (χ2n) is 4.06. The summed E-state index contributed by atoms with van der Waals surface area (Å²) in [4.78, 5) is 0. The first kappa shape index (κ1) is 13.9. The van der Waals surface area contributed by atoms with Crippen molar-refractivity contribution in [2.75, 3.05) is 0 Å². The minimum atomic E-state index is -1.37. The van der Waals surface area contributed by atoms with Crippen LogP contribution in [0.1, 0.15) is 17.2 Å². The second-order valence-corrected chi connectivity index (χ2v) is 4.47. The molecule has 19 heavy (non-hydrogen) atoms. The topological polar surface area (TPSA) is 20.2 Å². The largest absolute Gasteiger partial charge is 0.388 e. The summed E-state index contributed by atoms with van der Waals surface area (Å²) >= 11 is 5.59. The van der Waals surface area contributed by atoms with Crippen LogP contribution in [0.4, 0.5) is 13.2 Å². The van der Waals surface area contributed by atoms with Gasteiger partial charge >= 0.3 is 0 Å². The average Bonchev–Trinajstić information content (AvgIpc) is 2.37. The Labute approximate surface area is 113 Å². The van der Waals surface area contributed by atoms with Crippen LogP contribution in [-0.2, 0) is 6.42 Å². The lowest BCUT2D eigenvalue weighted by Crippen LogP contribution is -2.07. The first-order chi connectivity index (χ1) is 9.00. The van der Waals surface area contributed by atoms with Gasteiger partial charge in [-0.25, -0.2) is 13.2 Å². The molecular weight excluding hydrogens is 277 g/mol. The Hall–Kier alpha value is -1.52. The maximum Gasteiger partial charge on any atom is 0.147 e. The number of aliphatic hydroxyl groups is 1. The lowest BCUT2D eigenvalue weighted by molar-refractivity contribution is 0.171. The van der Waals surface area contributed by atoms with Gasteiger partial charge in [0.1, 0.15) is 17.5 Å². The van der Waals surface area contributed by atoms with Crippen LogP contribution in [0.25, 0.3) is 0 Å². The van der Waals surface area contributed by atoms with E-state index in [1.165, 1.54) is 24.3 Å². The van der Waals surface area contributed by atoms with Crippen LogP contribution in [0.15, 0.2) is 36.4 Å². The van der Waals surface area contributed by atoms with Gasteiger partial charge in [0.15, 0.2) is 0 Å². The van der Waals surface area contributed by atoms with Crippen molar-refractivity contribution < 1.29 is 18.3 Å². The van der Waals surface area contributed by atoms with Gasteiger partial charge in [-0.1, -0.05) is 29.8 Å². The highest BCUT2D eigenvalue weighted by molar-refractivity contribution is 6.30. The normalized spacial score (nSPS) is 12.5. The van der Waals surface area contributed by atoms with Crippen LogP contribution in [0.5, 0.6) is 0 Å². The second kappa shape index (κ2) is 5.63. The molecule has 5 heteroatoms. The van der Waals surface area contributed by atoms with Crippen molar-refractivity contribution >= 4 is 11.6 Å². The van der Waals surface area contributed by atoms with Crippen molar-refractivity contribution in [3.05, 3.63) is 70.0 Å². The van der Waals surface area contributed by atoms with Crippen molar-refractivity contribution in [2.24, 2.45) is 0 Å². The van der Waals surface area contributed by atoms with Gasteiger partial charge in [0.05, 0.1) is 11.1 Å². The summed E-state index contributed by atoms with van der Waals surface area (Å²) < 4.78 is 40.5. The molecule has 0 heterocycles. The fourth-order valence-electron chi connectivity index (χ4n) is 1.81. The Morgan fingerprint density at radius 3 is 2.21 bits per heavy atom. The smallest absolute Gasteiger partial charge is 0.147 e. The molecule has 0 aliphatic rings. The molecule has 1 unspecified atom stereocenters. The zero-order chi connectivity index (χ0) is 14.0. The Kier molecular flexibility index (Phi) is 4.12. The Balaban J connectivity index is 2.31. The van der Waals surface area contributed by atoms with E-state index in [0.29, 0.717) is 0 Å². The summed E-state index contributed by atoms with van der Waals surface area (Å²) in [5.41, 5.74) is -0.371. The highest BCUT2D eigenvalue weighted by atomic mass is 35.5. The number of hydrogen-bond acceptors (Lipinski definition) is 1. The van der Waals surface area contributed by atoms with Gasteiger partial charge in [0, 0.05) is 17.5 Å². The maximum absolute atomic E-state index is 13.7. The van der Waals surface area contributed by atoms with Crippen molar-refractivity contribution in [2.45, 2.75) is 12.5 Å². The van der Waals surface area contributed by atoms with Crippen molar-refractivity contribution in [1.82, 2.24) is 0 Å². The monoisotopic (exact) mass is 286 g/mol. The summed E-state index contributed by atoms with van der Waals surface area (Å²) in [6, 6.07) is 7.50. The summed E-state index contributed by atoms with van der Waals surface area (Å²) in [7, 11) is 0. The highest BCUT2D eigenvalue weighted by Gasteiger charge is 2.19. The first-order valence-corrected chi connectivity index (χ1v) is 5.93. The van der Waals surface area contributed by atoms with Crippen molar-refractivity contribution in [3.63, 3.8) is 0 Å². The van der Waals surface area contributed by atoms with E-state index in [-0.39, 0.29) is 22.6 Å². The molecule has 0 radical (unpaired) electrons. The zero-order valence-electron chi connectivity index (χ0n) is 9.71. The molecule has 0 fully saturated rings. The van der Waals surface area contributed by atoms with Gasteiger partial charge in [-0.05, 0) is 18.2 Å². The van der Waals surface area contributed by atoms with Gasteiger partial charge in [0.2, 0.25) is 0 Å². The van der Waals surface area contributed by atoms with Crippen molar-refractivity contribution in [3.8, 4) is 0 Å². The lowest BCUT2D eigenvalue weighted by atomic mass is 10.0. The minimum Gasteiger partial charge on any atom is -0.388 e. The summed E-state index contributed by atoms with van der Waals surface area (Å²) in [6.07, 6.45) is -1.74. The third-order valence-electron chi connectivity index (χ3n) is 2.80. The van der Waals surface area contributed by atoms with E-state index in [0.717, 1.165) is 12.1 Å². The predicted molar refractivity (Wildman–Crippen MR) is 66.4 cm³/mol. The minimum absolute atomic E-state index is 0.0878. The van der Waals surface area contributed by atoms with Crippen LogP contribution in [-0.4, -0.2) is 5.11 Å². The van der Waals surface area contributed by atoms with Gasteiger partial charge in [0.25, 0.3) is 0 Å². The van der Waals surface area contributed by atoms with Crippen LogP contribution in [0.3, 0.4) is 0 Å². The Bertz CT molecular complexity index is 581. The molecule has 2 rings (SSSR count). The zero-order valence-corrected chi connectivity index (χ0v) is 10.5. The molecule has 0 spiro atoms. The van der Waals surface area contributed by atoms with Crippen LogP contribution < -0.4 is 0 Å². The Morgan fingerprint density at radius 2 is 1.58 bits per heavy atom. The van der Waals surface area contributed by atoms with Gasteiger partial charge in [-0.3, -0.25) is 0 Å². The molecule has 0 saturated carbocycles. The molecule has 0 amide bonds. The molecule has 0 aromatic heterocycles. The molecule has 0 aliphatic carbocycles. The van der Waals surface area contributed by atoms with E-state index in [1.54, 1.807) is 0 Å². The lowest BCUT2D eigenvalue weighted by Gasteiger charge is -2.13. The molecule has 100 valence electrons. The molecule has 0 bridgehead atoms. The van der Waals surface area contributed by atoms with Crippen LogP contribution in [0.2, 0.25) is 5.02 Å². The first-order valence-electron chi connectivity index (χ1n) is 5.55. The summed E-state index contributed by atoms with van der Waals surface area (Å²) in [5, 5.41) is 9.75. The van der Waals surface area contributed by atoms with Gasteiger partial charge in [-0.15, -0.1) is 0 Å². The predicted octanol–water partition coefficient (Wildman–Crippen LogP) is 4.03. The maximum atomic E-state index is 13.7. The van der Waals surface area contributed by atoms with E-state index in [2.05, 4.69) is 0 Å². The van der Waals surface area contributed by atoms with E-state index < -0.39 is 23.6 Å². The number of benzene rings is 2. The fraction of sp³-hybridized carbons (Fsp3) is 0.143. The van der Waals surface area contributed by atoms with Crippen LogP contribution >= 0.6 is 11.6 Å². The number of rotatable bonds is 3. The van der Waals surface area contributed by atoms with E-state index in [4.69, 9.17) is 11.6 Å². The molecular formula is C14H10ClF3O. The molecule has 1 atom stereocenters. The van der Waals surface area contributed by atoms with Crippen molar-refractivity contribution in [1.29, 1.82) is 0 Å². The van der Waals surface area contributed by atoms with Gasteiger partial charge in [-0.2, -0.15) is 0 Å². The van der Waals surface area contributed by atoms with E-state index in [9.17, 15) is 18.3 Å². The number of hydrogen-bond donors (Lipinski definition) is 1. The molecule has 0 aliphatic heterocycles. The third-order valence-corrected chi connectivity index (χ3v) is 3.09. The third kappa shape index (κ3) is 2.91. The number of halogens is 4. The van der Waals surface area contributed by atoms with Crippen LogP contribution in [0, 0.1) is 17.5 Å². The molecule has 2 aromatic carbocycles. The molecule has 1 nitrogen and oxygen atoms in total. The Morgan fingerprint density at radius 1 is 1.00 bits per heavy atom. The summed E-state index contributed by atoms with van der Waals surface area (Å²) in [5.74, 6) is -2.34. The average molecular weight is 287 g/mol. The highest BCUT2D eigenvalue weighted by Crippen LogP contribution is 2.27. The molecule has 0 saturated heterocycles. The van der Waals surface area contributed by atoms with E-state index >= 15 is 0 Å². The fourth-order valence-corrected chi connectivity index (χ4v) is 1.99.